The van der Waals surface area contributed by atoms with E-state index in [0.717, 1.165) is 10.9 Å². The van der Waals surface area contributed by atoms with Gasteiger partial charge in [0.25, 0.3) is 5.56 Å². The summed E-state index contributed by atoms with van der Waals surface area (Å²) in [5.41, 5.74) is 1.59. The van der Waals surface area contributed by atoms with Gasteiger partial charge in [-0.15, -0.1) is 0 Å². The van der Waals surface area contributed by atoms with Crippen molar-refractivity contribution in [2.24, 2.45) is 7.05 Å². The minimum Gasteiger partial charge on any atom is -0.496 e. The van der Waals surface area contributed by atoms with Crippen molar-refractivity contribution >= 4 is 27.0 Å². The smallest absolute Gasteiger partial charge is 0.259 e. The van der Waals surface area contributed by atoms with Gasteiger partial charge in [-0.25, -0.2) is 17.7 Å². The number of hydrogen-bond donors (Lipinski definition) is 1. The minimum absolute atomic E-state index is 0.0698. The second-order valence-corrected chi connectivity index (χ2v) is 10.3. The van der Waals surface area contributed by atoms with Crippen LogP contribution >= 0.6 is 0 Å². The number of fused-ring (bicyclic) bond motifs is 1. The molecular formula is C23H29N5O4S. The van der Waals surface area contributed by atoms with Crippen molar-refractivity contribution in [1.82, 2.24) is 18.8 Å². The topological polar surface area (TPSA) is 106 Å². The first-order valence-electron chi connectivity index (χ1n) is 11.1. The lowest BCUT2D eigenvalue weighted by atomic mass is 10.1. The molecule has 0 unspecified atom stereocenters. The van der Waals surface area contributed by atoms with E-state index in [1.807, 2.05) is 31.2 Å². The second kappa shape index (κ2) is 9.48. The van der Waals surface area contributed by atoms with Crippen LogP contribution in [0.1, 0.15) is 26.2 Å². The van der Waals surface area contributed by atoms with Gasteiger partial charge in [0.15, 0.2) is 0 Å². The highest BCUT2D eigenvalue weighted by atomic mass is 32.2. The highest BCUT2D eigenvalue weighted by Crippen LogP contribution is 2.29. The fourth-order valence-electron chi connectivity index (χ4n) is 4.22. The Morgan fingerprint density at radius 2 is 1.91 bits per heavy atom. The number of piperidine rings is 1. The molecule has 9 nitrogen and oxygen atoms in total. The molecule has 3 heterocycles. The SMILES string of the molecule is CCCS(=O)(=O)N1CCC(Nc2ncc3cc(-c4ccccc4OC)c(=O)n(C)c3n2)CC1. The van der Waals surface area contributed by atoms with Crippen LogP contribution in [-0.4, -0.2) is 59.3 Å². The molecule has 4 rings (SSSR count). The Morgan fingerprint density at radius 3 is 2.61 bits per heavy atom. The number of aromatic nitrogens is 3. The van der Waals surface area contributed by atoms with Crippen LogP contribution in [0.2, 0.25) is 0 Å². The Balaban J connectivity index is 1.56. The molecular weight excluding hydrogens is 442 g/mol. The summed E-state index contributed by atoms with van der Waals surface area (Å²) in [6, 6.07) is 9.26. The molecule has 0 amide bonds. The van der Waals surface area contributed by atoms with Gasteiger partial charge in [-0.2, -0.15) is 4.98 Å². The average molecular weight is 472 g/mol. The maximum Gasteiger partial charge on any atom is 0.259 e. The van der Waals surface area contributed by atoms with E-state index < -0.39 is 10.0 Å². The van der Waals surface area contributed by atoms with Gasteiger partial charge >= 0.3 is 0 Å². The summed E-state index contributed by atoms with van der Waals surface area (Å²) in [5, 5.41) is 4.05. The molecule has 0 atom stereocenters. The number of ether oxygens (including phenoxy) is 1. The first kappa shape index (κ1) is 23.2. The van der Waals surface area contributed by atoms with E-state index in [9.17, 15) is 13.2 Å². The Labute approximate surface area is 193 Å². The van der Waals surface area contributed by atoms with Crippen molar-refractivity contribution in [1.29, 1.82) is 0 Å². The highest BCUT2D eigenvalue weighted by molar-refractivity contribution is 7.89. The van der Waals surface area contributed by atoms with Crippen LogP contribution in [-0.2, 0) is 17.1 Å². The molecule has 1 saturated heterocycles. The summed E-state index contributed by atoms with van der Waals surface area (Å²) in [7, 11) is 0.0967. The molecule has 3 aromatic rings. The number of benzene rings is 1. The highest BCUT2D eigenvalue weighted by Gasteiger charge is 2.27. The summed E-state index contributed by atoms with van der Waals surface area (Å²) < 4.78 is 33.1. The van der Waals surface area contributed by atoms with Gasteiger partial charge in [0.2, 0.25) is 16.0 Å². The Hall–Kier alpha value is -2.98. The number of nitrogens with one attached hydrogen (secondary N) is 1. The van der Waals surface area contributed by atoms with E-state index in [4.69, 9.17) is 4.74 Å². The maximum atomic E-state index is 13.1. The van der Waals surface area contributed by atoms with E-state index in [-0.39, 0.29) is 17.4 Å². The lowest BCUT2D eigenvalue weighted by molar-refractivity contribution is 0.329. The van der Waals surface area contributed by atoms with E-state index >= 15 is 0 Å². The summed E-state index contributed by atoms with van der Waals surface area (Å²) >= 11 is 0. The Kier molecular flexibility index (Phi) is 6.66. The molecule has 1 aliphatic heterocycles. The minimum atomic E-state index is -3.17. The predicted molar refractivity (Wildman–Crippen MR) is 129 cm³/mol. The summed E-state index contributed by atoms with van der Waals surface area (Å²) in [5.74, 6) is 1.24. The van der Waals surface area contributed by atoms with Crippen LogP contribution in [0.15, 0.2) is 41.3 Å². The number of aryl methyl sites for hydroxylation is 1. The summed E-state index contributed by atoms with van der Waals surface area (Å²) in [6.07, 6.45) is 3.67. The number of pyridine rings is 1. The van der Waals surface area contributed by atoms with E-state index in [1.165, 1.54) is 4.57 Å². The quantitative estimate of drug-likeness (QED) is 0.564. The van der Waals surface area contributed by atoms with Crippen molar-refractivity contribution in [3.8, 4) is 16.9 Å². The number of anilines is 1. The molecule has 10 heteroatoms. The third-order valence-corrected chi connectivity index (χ3v) is 8.06. The molecule has 0 bridgehead atoms. The Morgan fingerprint density at radius 1 is 1.18 bits per heavy atom. The number of hydrogen-bond acceptors (Lipinski definition) is 7. The molecule has 1 aliphatic rings. The second-order valence-electron chi connectivity index (χ2n) is 8.23. The largest absolute Gasteiger partial charge is 0.496 e. The van der Waals surface area contributed by atoms with Gasteiger partial charge in [-0.05, 0) is 31.4 Å². The Bertz CT molecular complexity index is 1310. The fourth-order valence-corrected chi connectivity index (χ4v) is 5.77. The monoisotopic (exact) mass is 471 g/mol. The van der Waals surface area contributed by atoms with Gasteiger partial charge in [-0.3, -0.25) is 9.36 Å². The zero-order chi connectivity index (χ0) is 23.6. The van der Waals surface area contributed by atoms with Gasteiger partial charge in [0, 0.05) is 43.3 Å². The molecule has 0 radical (unpaired) electrons. The number of para-hydroxylation sites is 1. The number of nitrogens with zero attached hydrogens (tertiary/aromatic N) is 4. The molecule has 0 saturated carbocycles. The molecule has 1 aromatic carbocycles. The molecule has 2 aromatic heterocycles. The van der Waals surface area contributed by atoms with E-state index in [1.54, 1.807) is 30.7 Å². The lowest BCUT2D eigenvalue weighted by Gasteiger charge is -2.31. The van der Waals surface area contributed by atoms with Gasteiger partial charge in [0.1, 0.15) is 11.4 Å². The van der Waals surface area contributed by atoms with Gasteiger partial charge in [-0.1, -0.05) is 25.1 Å². The number of methoxy groups -OCH3 is 1. The third kappa shape index (κ3) is 4.72. The lowest BCUT2D eigenvalue weighted by Crippen LogP contribution is -2.43. The standard InChI is InChI=1S/C23H29N5O4S/c1-4-13-33(30,31)28-11-9-17(10-12-28)25-23-24-15-16-14-19(22(29)27(2)21(16)26-23)18-7-5-6-8-20(18)32-3/h5-8,14-15,17H,4,9-13H2,1-3H3,(H,24,25,26). The summed E-state index contributed by atoms with van der Waals surface area (Å²) in [4.78, 5) is 22.1. The van der Waals surface area contributed by atoms with Gasteiger partial charge < -0.3 is 10.1 Å². The molecule has 0 aliphatic carbocycles. The van der Waals surface area contributed by atoms with Gasteiger partial charge in [0.05, 0.1) is 18.4 Å². The van der Waals surface area contributed by atoms with Crippen LogP contribution in [0.25, 0.3) is 22.2 Å². The van der Waals surface area contributed by atoms with Crippen molar-refractivity contribution in [2.75, 3.05) is 31.3 Å². The van der Waals surface area contributed by atoms with Crippen LogP contribution in [0.4, 0.5) is 5.95 Å². The first-order valence-corrected chi connectivity index (χ1v) is 12.7. The maximum absolute atomic E-state index is 13.1. The molecule has 1 fully saturated rings. The van der Waals surface area contributed by atoms with Crippen molar-refractivity contribution < 1.29 is 13.2 Å². The van der Waals surface area contributed by atoms with Crippen LogP contribution in [0, 0.1) is 0 Å². The predicted octanol–water partition coefficient (Wildman–Crippen LogP) is 2.62. The van der Waals surface area contributed by atoms with Crippen LogP contribution in [0.3, 0.4) is 0 Å². The number of rotatable bonds is 7. The fraction of sp³-hybridized carbons (Fsp3) is 0.435. The zero-order valence-corrected chi connectivity index (χ0v) is 19.9. The van der Waals surface area contributed by atoms with E-state index in [0.29, 0.717) is 55.3 Å². The third-order valence-electron chi connectivity index (χ3n) is 5.99. The van der Waals surface area contributed by atoms with Crippen molar-refractivity contribution in [2.45, 2.75) is 32.2 Å². The summed E-state index contributed by atoms with van der Waals surface area (Å²) in [6.45, 7) is 2.83. The normalized spacial score (nSPS) is 15.6. The van der Waals surface area contributed by atoms with Crippen molar-refractivity contribution in [3.63, 3.8) is 0 Å². The average Bonchev–Trinajstić information content (AvgIpc) is 2.82. The zero-order valence-electron chi connectivity index (χ0n) is 19.1. The molecule has 176 valence electrons. The molecule has 0 spiro atoms. The molecule has 1 N–H and O–H groups in total. The van der Waals surface area contributed by atoms with E-state index in [2.05, 4.69) is 15.3 Å². The van der Waals surface area contributed by atoms with Crippen LogP contribution < -0.4 is 15.6 Å². The first-order chi connectivity index (χ1) is 15.8. The van der Waals surface area contributed by atoms with Crippen molar-refractivity contribution in [3.05, 3.63) is 46.9 Å². The number of sulfonamides is 1. The molecule has 33 heavy (non-hydrogen) atoms. The van der Waals surface area contributed by atoms with Crippen LogP contribution in [0.5, 0.6) is 5.75 Å².